The highest BCUT2D eigenvalue weighted by atomic mass is 16.4. The molecule has 0 unspecified atom stereocenters. The first-order valence-corrected chi connectivity index (χ1v) is 2.17. The summed E-state index contributed by atoms with van der Waals surface area (Å²) >= 11 is 0. The van der Waals surface area contributed by atoms with Gasteiger partial charge in [-0.1, -0.05) is 0 Å². The molecule has 0 heterocycles. The van der Waals surface area contributed by atoms with Gasteiger partial charge in [0.1, 0.15) is 0 Å². The van der Waals surface area contributed by atoms with E-state index < -0.39 is 5.97 Å². The number of amides is 1. The minimum absolute atomic E-state index is 0.218. The van der Waals surface area contributed by atoms with Crippen molar-refractivity contribution >= 4 is 11.9 Å². The van der Waals surface area contributed by atoms with Crippen molar-refractivity contribution in [1.82, 2.24) is 5.43 Å². The summed E-state index contributed by atoms with van der Waals surface area (Å²) in [5.41, 5.74) is 1.89. The van der Waals surface area contributed by atoms with Gasteiger partial charge in [0.15, 0.2) is 0 Å². The van der Waals surface area contributed by atoms with Crippen LogP contribution in [-0.2, 0) is 9.59 Å². The molecule has 5 heteroatoms. The van der Waals surface area contributed by atoms with E-state index in [0.717, 1.165) is 6.92 Å². The van der Waals surface area contributed by atoms with E-state index in [-0.39, 0.29) is 5.91 Å². The summed E-state index contributed by atoms with van der Waals surface area (Å²) in [4.78, 5) is 18.6. The van der Waals surface area contributed by atoms with E-state index in [4.69, 9.17) is 9.90 Å². The van der Waals surface area contributed by atoms with Crippen LogP contribution >= 0.6 is 0 Å². The fourth-order valence-electron chi connectivity index (χ4n) is 0. The zero-order valence-corrected chi connectivity index (χ0v) is 5.34. The van der Waals surface area contributed by atoms with Gasteiger partial charge in [0.25, 0.3) is 5.97 Å². The second-order valence-corrected chi connectivity index (χ2v) is 1.22. The topological polar surface area (TPSA) is 92.4 Å². The molecule has 1 amide bonds. The van der Waals surface area contributed by atoms with E-state index in [1.165, 1.54) is 6.92 Å². The van der Waals surface area contributed by atoms with Gasteiger partial charge in [-0.3, -0.25) is 15.0 Å². The Labute approximate surface area is 52.8 Å². The molecule has 54 valence electrons. The molecule has 0 aliphatic rings. The number of hydrogen-bond acceptors (Lipinski definition) is 3. The summed E-state index contributed by atoms with van der Waals surface area (Å²) in [5.74, 6) is 3.52. The summed E-state index contributed by atoms with van der Waals surface area (Å²) < 4.78 is 0. The number of nitrogens with two attached hydrogens (primary N) is 1. The normalized spacial score (nSPS) is 6.56. The number of hydrogen-bond donors (Lipinski definition) is 3. The highest BCUT2D eigenvalue weighted by Crippen LogP contribution is 1.42. The smallest absolute Gasteiger partial charge is 0.300 e. The van der Waals surface area contributed by atoms with Crippen LogP contribution in [-0.4, -0.2) is 17.0 Å². The molecule has 0 saturated carbocycles. The number of aliphatic carboxylic acids is 1. The van der Waals surface area contributed by atoms with Crippen LogP contribution in [0, 0.1) is 0 Å². The van der Waals surface area contributed by atoms with Crippen LogP contribution in [0.2, 0.25) is 0 Å². The molecule has 9 heavy (non-hydrogen) atoms. The Bertz CT molecular complexity index is 98.0. The third kappa shape index (κ3) is 205. The molecule has 0 aromatic rings. The molecule has 0 atom stereocenters. The Balaban J connectivity index is 0. The number of rotatable bonds is 0. The standard InChI is InChI=1S/C2H6N2O.C2H4O2/c1-2(5)4-3;1-2(3)4/h3H2,1H3,(H,4,5);1H3,(H,3,4). The predicted octanol–water partition coefficient (Wildman–Crippen LogP) is -0.913. The van der Waals surface area contributed by atoms with Crippen molar-refractivity contribution in [3.8, 4) is 0 Å². The van der Waals surface area contributed by atoms with Crippen molar-refractivity contribution in [3.05, 3.63) is 0 Å². The van der Waals surface area contributed by atoms with Crippen LogP contribution in [0.3, 0.4) is 0 Å². The number of hydrazine groups is 1. The lowest BCUT2D eigenvalue weighted by Gasteiger charge is -1.80. The first kappa shape index (κ1) is 10.8. The van der Waals surface area contributed by atoms with Gasteiger partial charge in [0, 0.05) is 13.8 Å². The second kappa shape index (κ2) is 6.90. The quantitative estimate of drug-likeness (QED) is 0.227. The highest BCUT2D eigenvalue weighted by Gasteiger charge is 1.73. The number of carbonyl (C=O) groups excluding carboxylic acids is 1. The fraction of sp³-hybridized carbons (Fsp3) is 0.500. The summed E-state index contributed by atoms with van der Waals surface area (Å²) in [6, 6.07) is 0. The first-order valence-electron chi connectivity index (χ1n) is 2.17. The fourth-order valence-corrected chi connectivity index (χ4v) is 0. The molecular formula is C4H10N2O3. The molecule has 4 N–H and O–H groups in total. The second-order valence-electron chi connectivity index (χ2n) is 1.22. The van der Waals surface area contributed by atoms with Gasteiger partial charge >= 0.3 is 0 Å². The molecule has 0 aromatic heterocycles. The van der Waals surface area contributed by atoms with Crippen LogP contribution in [0.4, 0.5) is 0 Å². The number of carbonyl (C=O) groups is 2. The average Bonchev–Trinajstić information content (AvgIpc) is 1.65. The Morgan fingerprint density at radius 1 is 1.44 bits per heavy atom. The van der Waals surface area contributed by atoms with Crippen molar-refractivity contribution in [2.75, 3.05) is 0 Å². The maximum atomic E-state index is 9.58. The van der Waals surface area contributed by atoms with Gasteiger partial charge in [0.05, 0.1) is 0 Å². The van der Waals surface area contributed by atoms with Crippen LogP contribution in [0.15, 0.2) is 0 Å². The van der Waals surface area contributed by atoms with Gasteiger partial charge in [-0.25, -0.2) is 5.84 Å². The van der Waals surface area contributed by atoms with Crippen LogP contribution in [0.25, 0.3) is 0 Å². The monoisotopic (exact) mass is 134 g/mol. The van der Waals surface area contributed by atoms with Crippen molar-refractivity contribution in [3.63, 3.8) is 0 Å². The maximum absolute atomic E-state index is 9.58. The van der Waals surface area contributed by atoms with Crippen LogP contribution in [0.1, 0.15) is 13.8 Å². The zero-order valence-electron chi connectivity index (χ0n) is 5.34. The molecule has 0 spiro atoms. The Morgan fingerprint density at radius 2 is 1.56 bits per heavy atom. The lowest BCUT2D eigenvalue weighted by Crippen LogP contribution is -2.26. The summed E-state index contributed by atoms with van der Waals surface area (Å²) in [6.45, 7) is 2.43. The minimum Gasteiger partial charge on any atom is -0.481 e. The SMILES string of the molecule is CC(=O)NN.CC(=O)O. The Kier molecular flexibility index (Phi) is 8.28. The van der Waals surface area contributed by atoms with Crippen molar-refractivity contribution in [2.24, 2.45) is 5.84 Å². The maximum Gasteiger partial charge on any atom is 0.300 e. The highest BCUT2D eigenvalue weighted by molar-refractivity contribution is 5.71. The van der Waals surface area contributed by atoms with Gasteiger partial charge < -0.3 is 5.11 Å². The van der Waals surface area contributed by atoms with Gasteiger partial charge in [-0.15, -0.1) is 0 Å². The first-order chi connectivity index (χ1) is 4.00. The van der Waals surface area contributed by atoms with Gasteiger partial charge in [-0.2, -0.15) is 0 Å². The van der Waals surface area contributed by atoms with E-state index >= 15 is 0 Å². The van der Waals surface area contributed by atoms with Crippen LogP contribution in [0.5, 0.6) is 0 Å². The van der Waals surface area contributed by atoms with E-state index in [9.17, 15) is 4.79 Å². The van der Waals surface area contributed by atoms with Crippen molar-refractivity contribution in [2.45, 2.75) is 13.8 Å². The van der Waals surface area contributed by atoms with Crippen molar-refractivity contribution in [1.29, 1.82) is 0 Å². The van der Waals surface area contributed by atoms with Crippen LogP contribution < -0.4 is 11.3 Å². The molecule has 0 aliphatic carbocycles. The van der Waals surface area contributed by atoms with E-state index in [0.29, 0.717) is 0 Å². The minimum atomic E-state index is -0.833. The zero-order chi connectivity index (χ0) is 7.86. The summed E-state index contributed by atoms with van der Waals surface area (Å²) in [5, 5.41) is 7.42. The largest absolute Gasteiger partial charge is 0.481 e. The molecule has 0 aliphatic heterocycles. The number of carboxylic acid groups (broad SMARTS) is 1. The predicted molar refractivity (Wildman–Crippen MR) is 31.3 cm³/mol. The summed E-state index contributed by atoms with van der Waals surface area (Å²) in [6.07, 6.45) is 0. The lowest BCUT2D eigenvalue weighted by atomic mass is 10.8. The molecule has 5 nitrogen and oxygen atoms in total. The van der Waals surface area contributed by atoms with E-state index in [2.05, 4.69) is 5.84 Å². The third-order valence-electron chi connectivity index (χ3n) is 0.203. The number of carboxylic acids is 1. The number of nitrogens with one attached hydrogen (secondary N) is 1. The van der Waals surface area contributed by atoms with E-state index in [1.807, 2.05) is 5.43 Å². The molecule has 0 radical (unpaired) electrons. The van der Waals surface area contributed by atoms with E-state index in [1.54, 1.807) is 0 Å². The Morgan fingerprint density at radius 3 is 1.56 bits per heavy atom. The van der Waals surface area contributed by atoms with Crippen molar-refractivity contribution < 1.29 is 14.7 Å². The Hall–Kier alpha value is -1.10. The molecule has 0 bridgehead atoms. The lowest BCUT2D eigenvalue weighted by molar-refractivity contribution is -0.134. The molecule has 0 aromatic carbocycles. The molecule has 0 rings (SSSR count). The van der Waals surface area contributed by atoms with Gasteiger partial charge in [-0.05, 0) is 0 Å². The molecule has 0 fully saturated rings. The molecular weight excluding hydrogens is 124 g/mol. The summed E-state index contributed by atoms with van der Waals surface area (Å²) in [7, 11) is 0. The molecule has 0 saturated heterocycles. The average molecular weight is 134 g/mol. The third-order valence-corrected chi connectivity index (χ3v) is 0.203. The van der Waals surface area contributed by atoms with Gasteiger partial charge in [0.2, 0.25) is 5.91 Å².